The van der Waals surface area contributed by atoms with Crippen molar-refractivity contribution in [2.45, 2.75) is 19.8 Å². The number of hydrogen-bond acceptors (Lipinski definition) is 5. The molecule has 0 radical (unpaired) electrons. The zero-order chi connectivity index (χ0) is 19.0. The molecule has 1 saturated heterocycles. The van der Waals surface area contributed by atoms with Gasteiger partial charge in [-0.2, -0.15) is 0 Å². The lowest BCUT2D eigenvalue weighted by molar-refractivity contribution is -0.120. The molecule has 3 aromatic rings. The average molecular weight is 401 g/mol. The first-order valence-corrected chi connectivity index (χ1v) is 11.6. The van der Waals surface area contributed by atoms with Crippen molar-refractivity contribution in [3.8, 4) is 0 Å². The Hall–Kier alpha value is -2.25. The molecule has 0 spiro atoms. The molecule has 0 bridgehead atoms. The second-order valence-corrected chi connectivity index (χ2v) is 10.00. The van der Waals surface area contributed by atoms with Gasteiger partial charge in [0.2, 0.25) is 5.91 Å². The smallest absolute Gasteiger partial charge is 0.237 e. The van der Waals surface area contributed by atoms with Crippen molar-refractivity contribution < 1.29 is 13.2 Å². The standard InChI is InChI=1S/C20H20N2O3S2/c1-2-14-7-9-16(10-8-14)22(19(23)15-11-12-27(24,25)13-15)20-21-17-5-3-4-6-18(17)26-20/h3-10,15H,2,11-13H2,1H3/t15-/m1/s1. The SMILES string of the molecule is CCc1ccc(N(C(=O)[C@@H]2CCS(=O)(=O)C2)c2nc3ccccc3s2)cc1. The van der Waals surface area contributed by atoms with Crippen LogP contribution in [0, 0.1) is 5.92 Å². The number of aromatic nitrogens is 1. The van der Waals surface area contributed by atoms with Crippen LogP contribution in [0.25, 0.3) is 10.2 Å². The number of para-hydroxylation sites is 1. The van der Waals surface area contributed by atoms with Gasteiger partial charge in [-0.3, -0.25) is 9.69 Å². The van der Waals surface area contributed by atoms with Crippen LogP contribution in [0.15, 0.2) is 48.5 Å². The van der Waals surface area contributed by atoms with Crippen molar-refractivity contribution in [1.29, 1.82) is 0 Å². The number of aryl methyl sites for hydroxylation is 1. The van der Waals surface area contributed by atoms with E-state index in [4.69, 9.17) is 0 Å². The Balaban J connectivity index is 1.77. The lowest BCUT2D eigenvalue weighted by atomic mass is 10.1. The van der Waals surface area contributed by atoms with E-state index in [9.17, 15) is 13.2 Å². The molecule has 1 aromatic heterocycles. The molecule has 1 aliphatic heterocycles. The summed E-state index contributed by atoms with van der Waals surface area (Å²) < 4.78 is 24.8. The summed E-state index contributed by atoms with van der Waals surface area (Å²) in [7, 11) is -3.14. The second-order valence-electron chi connectivity index (χ2n) is 6.76. The van der Waals surface area contributed by atoms with Crippen LogP contribution < -0.4 is 4.90 Å². The quantitative estimate of drug-likeness (QED) is 0.665. The molecule has 0 aliphatic carbocycles. The number of nitrogens with zero attached hydrogens (tertiary/aromatic N) is 2. The molecular weight excluding hydrogens is 380 g/mol. The lowest BCUT2D eigenvalue weighted by Crippen LogP contribution is -2.33. The maximum absolute atomic E-state index is 13.3. The van der Waals surface area contributed by atoms with E-state index >= 15 is 0 Å². The number of benzene rings is 2. The first-order valence-electron chi connectivity index (χ1n) is 8.96. The number of amides is 1. The van der Waals surface area contributed by atoms with Crippen LogP contribution in [0.4, 0.5) is 10.8 Å². The number of carbonyl (C=O) groups is 1. The van der Waals surface area contributed by atoms with E-state index < -0.39 is 15.8 Å². The van der Waals surface area contributed by atoms with Crippen LogP contribution in [-0.4, -0.2) is 30.8 Å². The minimum atomic E-state index is -3.14. The van der Waals surface area contributed by atoms with E-state index in [1.165, 1.54) is 16.9 Å². The summed E-state index contributed by atoms with van der Waals surface area (Å²) in [6, 6.07) is 15.5. The molecule has 2 aromatic carbocycles. The number of thiazole rings is 1. The predicted octanol–water partition coefficient (Wildman–Crippen LogP) is 3.96. The van der Waals surface area contributed by atoms with E-state index in [-0.39, 0.29) is 17.4 Å². The molecule has 5 nitrogen and oxygen atoms in total. The maximum Gasteiger partial charge on any atom is 0.237 e. The summed E-state index contributed by atoms with van der Waals surface area (Å²) in [4.78, 5) is 19.5. The van der Waals surface area contributed by atoms with Gasteiger partial charge in [-0.1, -0.05) is 42.5 Å². The van der Waals surface area contributed by atoms with Crippen molar-refractivity contribution in [1.82, 2.24) is 4.98 Å². The fourth-order valence-electron chi connectivity index (χ4n) is 3.34. The highest BCUT2D eigenvalue weighted by Gasteiger charge is 2.37. The van der Waals surface area contributed by atoms with Crippen molar-refractivity contribution in [3.05, 3.63) is 54.1 Å². The van der Waals surface area contributed by atoms with E-state index in [0.717, 1.165) is 22.3 Å². The maximum atomic E-state index is 13.3. The molecule has 7 heteroatoms. The number of anilines is 2. The topological polar surface area (TPSA) is 67.3 Å². The molecule has 2 heterocycles. The van der Waals surface area contributed by atoms with Gasteiger partial charge in [-0.05, 0) is 42.7 Å². The van der Waals surface area contributed by atoms with Crippen molar-refractivity contribution in [3.63, 3.8) is 0 Å². The molecular formula is C20H20N2O3S2. The summed E-state index contributed by atoms with van der Waals surface area (Å²) in [5.74, 6) is -0.723. The Morgan fingerprint density at radius 2 is 1.93 bits per heavy atom. The number of carbonyl (C=O) groups excluding carboxylic acids is 1. The highest BCUT2D eigenvalue weighted by Crippen LogP contribution is 2.36. The highest BCUT2D eigenvalue weighted by atomic mass is 32.2. The van der Waals surface area contributed by atoms with Gasteiger partial charge in [0.15, 0.2) is 15.0 Å². The van der Waals surface area contributed by atoms with Gasteiger partial charge in [-0.25, -0.2) is 13.4 Å². The minimum Gasteiger partial charge on any atom is -0.274 e. The van der Waals surface area contributed by atoms with Gasteiger partial charge >= 0.3 is 0 Å². The number of sulfone groups is 1. The third kappa shape index (κ3) is 3.61. The molecule has 0 saturated carbocycles. The van der Waals surface area contributed by atoms with E-state index in [2.05, 4.69) is 11.9 Å². The fourth-order valence-corrected chi connectivity index (χ4v) is 6.07. The molecule has 1 aliphatic rings. The minimum absolute atomic E-state index is 0.0753. The van der Waals surface area contributed by atoms with E-state index in [1.54, 1.807) is 4.90 Å². The Kier molecular flexibility index (Phi) is 4.74. The fraction of sp³-hybridized carbons (Fsp3) is 0.300. The molecule has 140 valence electrons. The first-order chi connectivity index (χ1) is 13.0. The largest absolute Gasteiger partial charge is 0.274 e. The molecule has 1 fully saturated rings. The van der Waals surface area contributed by atoms with Crippen LogP contribution in [-0.2, 0) is 21.1 Å². The van der Waals surface area contributed by atoms with Gasteiger partial charge in [0.1, 0.15) is 0 Å². The molecule has 27 heavy (non-hydrogen) atoms. The van der Waals surface area contributed by atoms with Gasteiger partial charge < -0.3 is 0 Å². The predicted molar refractivity (Wildman–Crippen MR) is 109 cm³/mol. The van der Waals surface area contributed by atoms with Gasteiger partial charge in [-0.15, -0.1) is 0 Å². The monoisotopic (exact) mass is 400 g/mol. The molecule has 0 unspecified atom stereocenters. The zero-order valence-electron chi connectivity index (χ0n) is 15.0. The van der Waals surface area contributed by atoms with E-state index in [0.29, 0.717) is 11.6 Å². The van der Waals surface area contributed by atoms with Gasteiger partial charge in [0.25, 0.3) is 0 Å². The van der Waals surface area contributed by atoms with Crippen LogP contribution in [0.1, 0.15) is 18.9 Å². The van der Waals surface area contributed by atoms with Crippen LogP contribution >= 0.6 is 11.3 Å². The number of fused-ring (bicyclic) bond motifs is 1. The lowest BCUT2D eigenvalue weighted by Gasteiger charge is -2.23. The Bertz CT molecular complexity index is 1050. The molecule has 1 atom stereocenters. The molecule has 1 amide bonds. The first kappa shape index (κ1) is 18.1. The van der Waals surface area contributed by atoms with Crippen molar-refractivity contribution in [2.75, 3.05) is 16.4 Å². The Labute approximate surface area is 162 Å². The summed E-state index contributed by atoms with van der Waals surface area (Å²) >= 11 is 1.44. The Morgan fingerprint density at radius 1 is 1.19 bits per heavy atom. The van der Waals surface area contributed by atoms with Gasteiger partial charge in [0.05, 0.1) is 33.3 Å². The Morgan fingerprint density at radius 3 is 2.56 bits per heavy atom. The van der Waals surface area contributed by atoms with Crippen LogP contribution in [0.5, 0.6) is 0 Å². The summed E-state index contributed by atoms with van der Waals surface area (Å²) in [5.41, 5.74) is 2.74. The third-order valence-corrected chi connectivity index (χ3v) is 7.67. The summed E-state index contributed by atoms with van der Waals surface area (Å²) in [6.45, 7) is 2.08. The number of rotatable bonds is 4. The third-order valence-electron chi connectivity index (χ3n) is 4.88. The summed E-state index contributed by atoms with van der Waals surface area (Å²) in [5, 5.41) is 0.578. The van der Waals surface area contributed by atoms with Crippen molar-refractivity contribution in [2.24, 2.45) is 5.92 Å². The van der Waals surface area contributed by atoms with Crippen LogP contribution in [0.2, 0.25) is 0 Å². The zero-order valence-corrected chi connectivity index (χ0v) is 16.6. The number of hydrogen-bond donors (Lipinski definition) is 0. The van der Waals surface area contributed by atoms with Crippen LogP contribution in [0.3, 0.4) is 0 Å². The average Bonchev–Trinajstić information content (AvgIpc) is 3.25. The molecule has 4 rings (SSSR count). The van der Waals surface area contributed by atoms with Crippen molar-refractivity contribution >= 4 is 48.1 Å². The van der Waals surface area contributed by atoms with Gasteiger partial charge in [0, 0.05) is 0 Å². The molecule has 0 N–H and O–H groups in total. The summed E-state index contributed by atoms with van der Waals surface area (Å²) in [6.07, 6.45) is 1.28. The van der Waals surface area contributed by atoms with E-state index in [1.807, 2.05) is 48.5 Å². The second kappa shape index (κ2) is 7.05. The normalized spacial score (nSPS) is 18.6. The highest BCUT2D eigenvalue weighted by molar-refractivity contribution is 7.91.